The van der Waals surface area contributed by atoms with Crippen LogP contribution in [0.2, 0.25) is 0 Å². The van der Waals surface area contributed by atoms with Crippen molar-refractivity contribution in [1.82, 2.24) is 15.4 Å². The van der Waals surface area contributed by atoms with E-state index in [9.17, 15) is 0 Å². The maximum atomic E-state index is 5.45. The predicted octanol–water partition coefficient (Wildman–Crippen LogP) is 2.94. The Morgan fingerprint density at radius 1 is 1.42 bits per heavy atom. The summed E-state index contributed by atoms with van der Waals surface area (Å²) in [5.74, 6) is 0.973. The lowest BCUT2D eigenvalue weighted by Gasteiger charge is -2.30. The fourth-order valence-corrected chi connectivity index (χ4v) is 2.51. The van der Waals surface area contributed by atoms with Crippen molar-refractivity contribution in [2.75, 3.05) is 6.54 Å². The molecule has 1 aromatic heterocycles. The maximum Gasteiger partial charge on any atom is 0.151 e. The molecule has 0 spiro atoms. The van der Waals surface area contributed by atoms with E-state index in [2.05, 4.69) is 56.1 Å². The largest absolute Gasteiger partial charge is 0.360 e. The SMILES string of the molecule is CC(C)(C)NCc1cc(CN2CCCC2(C)C)on1. The molecule has 2 rings (SSSR count). The van der Waals surface area contributed by atoms with Gasteiger partial charge in [0.25, 0.3) is 0 Å². The van der Waals surface area contributed by atoms with Crippen LogP contribution < -0.4 is 5.32 Å². The fourth-order valence-electron chi connectivity index (χ4n) is 2.51. The zero-order chi connectivity index (χ0) is 14.1. The first-order valence-electron chi connectivity index (χ1n) is 7.21. The van der Waals surface area contributed by atoms with Crippen LogP contribution in [-0.4, -0.2) is 27.7 Å². The van der Waals surface area contributed by atoms with E-state index < -0.39 is 0 Å². The number of hydrogen-bond acceptors (Lipinski definition) is 4. The molecular formula is C15H27N3O. The summed E-state index contributed by atoms with van der Waals surface area (Å²) in [7, 11) is 0. The Hall–Kier alpha value is -0.870. The van der Waals surface area contributed by atoms with Crippen molar-refractivity contribution in [1.29, 1.82) is 0 Å². The minimum atomic E-state index is 0.107. The second-order valence-corrected chi connectivity index (χ2v) is 7.23. The summed E-state index contributed by atoms with van der Waals surface area (Å²) in [6, 6.07) is 2.08. The quantitative estimate of drug-likeness (QED) is 0.909. The molecule has 0 unspecified atom stereocenters. The van der Waals surface area contributed by atoms with Crippen molar-refractivity contribution >= 4 is 0 Å². The Morgan fingerprint density at radius 3 is 2.74 bits per heavy atom. The van der Waals surface area contributed by atoms with Crippen LogP contribution in [0.5, 0.6) is 0 Å². The third kappa shape index (κ3) is 4.05. The van der Waals surface area contributed by atoms with Crippen LogP contribution >= 0.6 is 0 Å². The first kappa shape index (κ1) is 14.5. The third-order valence-electron chi connectivity index (χ3n) is 3.83. The summed E-state index contributed by atoms with van der Waals surface area (Å²) in [6.07, 6.45) is 2.54. The molecule has 1 aliphatic heterocycles. The van der Waals surface area contributed by atoms with Gasteiger partial charge in [-0.2, -0.15) is 0 Å². The van der Waals surface area contributed by atoms with Crippen LogP contribution in [0, 0.1) is 0 Å². The molecule has 1 aromatic rings. The number of aromatic nitrogens is 1. The zero-order valence-electron chi connectivity index (χ0n) is 12.9. The monoisotopic (exact) mass is 265 g/mol. The summed E-state index contributed by atoms with van der Waals surface area (Å²) >= 11 is 0. The number of likely N-dealkylation sites (tertiary alicyclic amines) is 1. The van der Waals surface area contributed by atoms with Crippen molar-refractivity contribution in [2.45, 2.75) is 71.6 Å². The highest BCUT2D eigenvalue weighted by atomic mass is 16.5. The lowest BCUT2D eigenvalue weighted by Crippen LogP contribution is -2.37. The normalized spacial score (nSPS) is 20.1. The van der Waals surface area contributed by atoms with Crippen LogP contribution in [0.1, 0.15) is 58.9 Å². The van der Waals surface area contributed by atoms with Gasteiger partial charge in [-0.3, -0.25) is 4.90 Å². The van der Waals surface area contributed by atoms with Gasteiger partial charge in [0.2, 0.25) is 0 Å². The average Bonchev–Trinajstić information content (AvgIpc) is 2.83. The Morgan fingerprint density at radius 2 is 2.16 bits per heavy atom. The Labute approximate surface area is 116 Å². The van der Waals surface area contributed by atoms with Crippen molar-refractivity contribution in [2.24, 2.45) is 0 Å². The highest BCUT2D eigenvalue weighted by molar-refractivity contribution is 5.06. The molecule has 0 bridgehead atoms. The molecule has 0 saturated carbocycles. The van der Waals surface area contributed by atoms with Gasteiger partial charge in [0.15, 0.2) is 5.76 Å². The van der Waals surface area contributed by atoms with Crippen LogP contribution in [-0.2, 0) is 13.1 Å². The van der Waals surface area contributed by atoms with Crippen molar-refractivity contribution in [3.63, 3.8) is 0 Å². The topological polar surface area (TPSA) is 41.3 Å². The molecule has 0 aliphatic carbocycles. The van der Waals surface area contributed by atoms with Gasteiger partial charge in [0.1, 0.15) is 0 Å². The van der Waals surface area contributed by atoms with Crippen LogP contribution in [0.3, 0.4) is 0 Å². The van der Waals surface area contributed by atoms with Gasteiger partial charge < -0.3 is 9.84 Å². The first-order chi connectivity index (χ1) is 8.76. The number of nitrogens with one attached hydrogen (secondary N) is 1. The van der Waals surface area contributed by atoms with Crippen LogP contribution in [0.25, 0.3) is 0 Å². The zero-order valence-corrected chi connectivity index (χ0v) is 12.9. The minimum absolute atomic E-state index is 0.107. The standard InChI is InChI=1S/C15H27N3O/c1-14(2,3)16-10-12-9-13(19-17-12)11-18-8-6-7-15(18,4)5/h9,16H,6-8,10-11H2,1-5H3. The molecule has 1 N–H and O–H groups in total. The molecule has 1 fully saturated rings. The van der Waals surface area contributed by atoms with E-state index in [-0.39, 0.29) is 11.1 Å². The van der Waals surface area contributed by atoms with Crippen LogP contribution in [0.15, 0.2) is 10.6 Å². The van der Waals surface area contributed by atoms with E-state index in [4.69, 9.17) is 4.52 Å². The summed E-state index contributed by atoms with van der Waals surface area (Å²) < 4.78 is 5.45. The molecule has 1 aliphatic rings. The second kappa shape index (κ2) is 5.25. The maximum absolute atomic E-state index is 5.45. The molecule has 4 nitrogen and oxygen atoms in total. The molecular weight excluding hydrogens is 238 g/mol. The van der Waals surface area contributed by atoms with Gasteiger partial charge in [-0.15, -0.1) is 0 Å². The third-order valence-corrected chi connectivity index (χ3v) is 3.83. The highest BCUT2D eigenvalue weighted by Gasteiger charge is 2.32. The van der Waals surface area contributed by atoms with E-state index in [0.717, 1.165) is 31.1 Å². The average molecular weight is 265 g/mol. The summed E-state index contributed by atoms with van der Waals surface area (Å²) in [4.78, 5) is 2.48. The lowest BCUT2D eigenvalue weighted by molar-refractivity contribution is 0.149. The fraction of sp³-hybridized carbons (Fsp3) is 0.800. The number of rotatable bonds is 4. The number of hydrogen-bond donors (Lipinski definition) is 1. The van der Waals surface area contributed by atoms with E-state index in [1.54, 1.807) is 0 Å². The van der Waals surface area contributed by atoms with E-state index in [0.29, 0.717) is 0 Å². The van der Waals surface area contributed by atoms with Crippen molar-refractivity contribution in [3.05, 3.63) is 17.5 Å². The summed E-state index contributed by atoms with van der Waals surface area (Å²) in [5, 5.41) is 7.57. The van der Waals surface area contributed by atoms with E-state index in [1.807, 2.05) is 0 Å². The van der Waals surface area contributed by atoms with Gasteiger partial charge in [-0.25, -0.2) is 0 Å². The van der Waals surface area contributed by atoms with Gasteiger partial charge >= 0.3 is 0 Å². The van der Waals surface area contributed by atoms with Crippen molar-refractivity contribution in [3.8, 4) is 0 Å². The van der Waals surface area contributed by atoms with Gasteiger partial charge in [-0.1, -0.05) is 5.16 Å². The summed E-state index contributed by atoms with van der Waals surface area (Å²) in [6.45, 7) is 13.9. The minimum Gasteiger partial charge on any atom is -0.360 e. The number of nitrogens with zero attached hydrogens (tertiary/aromatic N) is 2. The molecule has 2 heterocycles. The molecule has 0 radical (unpaired) electrons. The Kier molecular flexibility index (Phi) is 4.02. The smallest absolute Gasteiger partial charge is 0.151 e. The van der Waals surface area contributed by atoms with Crippen LogP contribution in [0.4, 0.5) is 0 Å². The molecule has 0 aromatic carbocycles. The molecule has 4 heteroatoms. The molecule has 19 heavy (non-hydrogen) atoms. The van der Waals surface area contributed by atoms with E-state index >= 15 is 0 Å². The first-order valence-corrected chi connectivity index (χ1v) is 7.21. The molecule has 1 saturated heterocycles. The molecule has 0 amide bonds. The Balaban J connectivity index is 1.91. The Bertz CT molecular complexity index is 417. The second-order valence-electron chi connectivity index (χ2n) is 7.23. The van der Waals surface area contributed by atoms with E-state index in [1.165, 1.54) is 12.8 Å². The molecule has 108 valence electrons. The lowest BCUT2D eigenvalue weighted by atomic mass is 10.0. The highest BCUT2D eigenvalue weighted by Crippen LogP contribution is 2.29. The summed E-state index contributed by atoms with van der Waals surface area (Å²) in [5.41, 5.74) is 1.38. The molecule has 0 atom stereocenters. The van der Waals surface area contributed by atoms with Gasteiger partial charge in [0.05, 0.1) is 12.2 Å². The van der Waals surface area contributed by atoms with Crippen molar-refractivity contribution < 1.29 is 4.52 Å². The van der Waals surface area contributed by atoms with Gasteiger partial charge in [-0.05, 0) is 54.0 Å². The van der Waals surface area contributed by atoms with Gasteiger partial charge in [0, 0.05) is 23.7 Å². The predicted molar refractivity (Wildman–Crippen MR) is 76.8 cm³/mol.